The zero-order valence-electron chi connectivity index (χ0n) is 15.2. The summed E-state index contributed by atoms with van der Waals surface area (Å²) < 4.78 is 13.1. The Kier molecular flexibility index (Phi) is 5.21. The molecular formula is C22H24FN3O. The Morgan fingerprint density at radius 1 is 1.07 bits per heavy atom. The van der Waals surface area contributed by atoms with Crippen LogP contribution in [-0.2, 0) is 11.3 Å². The van der Waals surface area contributed by atoms with Gasteiger partial charge in [0.2, 0.25) is 5.91 Å². The second kappa shape index (κ2) is 7.92. The predicted molar refractivity (Wildman–Crippen MR) is 106 cm³/mol. The Bertz CT molecular complexity index is 919. The van der Waals surface area contributed by atoms with Gasteiger partial charge in [-0.05, 0) is 48.7 Å². The number of hydrogen-bond acceptors (Lipinski definition) is 2. The standard InChI is InChI=1S/C22H24FN3O/c23-16-9-11-17(12-10-16)26-22(27)19-6-2-4-8-21(19)25-14-15-13-24-20-7-3-1-5-18(15)20/h1,3,5,7,9-13,19,21,24-25H,2,4,6,8,14H2,(H,26,27)/t19-,21-/m1/s1. The summed E-state index contributed by atoms with van der Waals surface area (Å²) in [5.74, 6) is -0.365. The lowest BCUT2D eigenvalue weighted by atomic mass is 9.83. The van der Waals surface area contributed by atoms with Crippen LogP contribution < -0.4 is 10.6 Å². The van der Waals surface area contributed by atoms with Crippen molar-refractivity contribution >= 4 is 22.5 Å². The van der Waals surface area contributed by atoms with Crippen LogP contribution in [0.5, 0.6) is 0 Å². The molecule has 1 amide bonds. The van der Waals surface area contributed by atoms with Gasteiger partial charge in [-0.2, -0.15) is 0 Å². The molecule has 27 heavy (non-hydrogen) atoms. The summed E-state index contributed by atoms with van der Waals surface area (Å²) in [4.78, 5) is 16.1. The predicted octanol–water partition coefficient (Wildman–Crippen LogP) is 4.59. The minimum atomic E-state index is -0.302. The number of anilines is 1. The second-order valence-electron chi connectivity index (χ2n) is 7.23. The summed E-state index contributed by atoms with van der Waals surface area (Å²) in [6.45, 7) is 0.731. The van der Waals surface area contributed by atoms with E-state index in [-0.39, 0.29) is 23.7 Å². The van der Waals surface area contributed by atoms with Crippen molar-refractivity contribution in [3.05, 3.63) is 66.1 Å². The SMILES string of the molecule is O=C(Nc1ccc(F)cc1)[C@@H]1CCCC[C@H]1NCc1c[nH]c2ccccc12. The van der Waals surface area contributed by atoms with Crippen LogP contribution in [0.2, 0.25) is 0 Å². The van der Waals surface area contributed by atoms with Gasteiger partial charge in [-0.15, -0.1) is 0 Å². The van der Waals surface area contributed by atoms with E-state index in [0.717, 1.165) is 37.7 Å². The van der Waals surface area contributed by atoms with Crippen molar-refractivity contribution in [1.82, 2.24) is 10.3 Å². The van der Waals surface area contributed by atoms with Crippen LogP contribution in [0.1, 0.15) is 31.2 Å². The van der Waals surface area contributed by atoms with E-state index in [0.29, 0.717) is 5.69 Å². The maximum Gasteiger partial charge on any atom is 0.229 e. The zero-order valence-corrected chi connectivity index (χ0v) is 15.2. The molecule has 1 aliphatic rings. The fraction of sp³-hybridized carbons (Fsp3) is 0.318. The van der Waals surface area contributed by atoms with Crippen molar-refractivity contribution in [2.75, 3.05) is 5.32 Å². The number of aromatic amines is 1. The highest BCUT2D eigenvalue weighted by molar-refractivity contribution is 5.93. The lowest BCUT2D eigenvalue weighted by Gasteiger charge is -2.31. The van der Waals surface area contributed by atoms with Gasteiger partial charge in [0.25, 0.3) is 0 Å². The first-order chi connectivity index (χ1) is 13.2. The molecule has 0 spiro atoms. The van der Waals surface area contributed by atoms with Crippen LogP contribution in [0.3, 0.4) is 0 Å². The summed E-state index contributed by atoms with van der Waals surface area (Å²) in [6.07, 6.45) is 6.09. The van der Waals surface area contributed by atoms with E-state index in [4.69, 9.17) is 0 Å². The molecule has 1 fully saturated rings. The largest absolute Gasteiger partial charge is 0.361 e. The molecule has 4 rings (SSSR count). The number of carbonyl (C=O) groups excluding carboxylic acids is 1. The third kappa shape index (κ3) is 4.03. The number of hydrogen-bond donors (Lipinski definition) is 3. The number of carbonyl (C=O) groups is 1. The summed E-state index contributed by atoms with van der Waals surface area (Å²) in [6, 6.07) is 14.3. The van der Waals surface area contributed by atoms with E-state index in [9.17, 15) is 9.18 Å². The number of fused-ring (bicyclic) bond motifs is 1. The molecule has 5 heteroatoms. The van der Waals surface area contributed by atoms with Crippen molar-refractivity contribution in [3.8, 4) is 0 Å². The van der Waals surface area contributed by atoms with Crippen molar-refractivity contribution in [3.63, 3.8) is 0 Å². The zero-order chi connectivity index (χ0) is 18.6. The maximum absolute atomic E-state index is 13.1. The van der Waals surface area contributed by atoms with Crippen molar-refractivity contribution in [2.24, 2.45) is 5.92 Å². The molecule has 140 valence electrons. The molecule has 1 aromatic heterocycles. The number of amides is 1. The van der Waals surface area contributed by atoms with Crippen LogP contribution in [0.15, 0.2) is 54.7 Å². The third-order valence-electron chi connectivity index (χ3n) is 5.44. The summed E-state index contributed by atoms with van der Waals surface area (Å²) in [7, 11) is 0. The van der Waals surface area contributed by atoms with Gasteiger partial charge in [0, 0.05) is 35.4 Å². The van der Waals surface area contributed by atoms with Gasteiger partial charge >= 0.3 is 0 Å². The van der Waals surface area contributed by atoms with E-state index in [1.165, 1.54) is 23.1 Å². The van der Waals surface area contributed by atoms with E-state index >= 15 is 0 Å². The Morgan fingerprint density at radius 2 is 1.85 bits per heavy atom. The molecule has 1 saturated carbocycles. The number of nitrogens with one attached hydrogen (secondary N) is 3. The average molecular weight is 365 g/mol. The Balaban J connectivity index is 1.42. The summed E-state index contributed by atoms with van der Waals surface area (Å²) in [5, 5.41) is 7.76. The number of H-pyrrole nitrogens is 1. The van der Waals surface area contributed by atoms with E-state index in [2.05, 4.69) is 27.8 Å². The van der Waals surface area contributed by atoms with Crippen LogP contribution in [0.25, 0.3) is 10.9 Å². The highest BCUT2D eigenvalue weighted by Gasteiger charge is 2.30. The first kappa shape index (κ1) is 17.7. The average Bonchev–Trinajstić information content (AvgIpc) is 3.11. The van der Waals surface area contributed by atoms with Crippen molar-refractivity contribution < 1.29 is 9.18 Å². The van der Waals surface area contributed by atoms with E-state index in [1.807, 2.05) is 18.3 Å². The Morgan fingerprint density at radius 3 is 2.70 bits per heavy atom. The van der Waals surface area contributed by atoms with E-state index in [1.54, 1.807) is 12.1 Å². The molecule has 0 bridgehead atoms. The molecular weight excluding hydrogens is 341 g/mol. The molecule has 1 heterocycles. The van der Waals surface area contributed by atoms with Gasteiger partial charge in [-0.3, -0.25) is 4.79 Å². The van der Waals surface area contributed by atoms with Crippen molar-refractivity contribution in [1.29, 1.82) is 0 Å². The highest BCUT2D eigenvalue weighted by atomic mass is 19.1. The van der Waals surface area contributed by atoms with Gasteiger partial charge < -0.3 is 15.6 Å². The molecule has 0 unspecified atom stereocenters. The fourth-order valence-electron chi connectivity index (χ4n) is 3.98. The molecule has 0 aliphatic heterocycles. The third-order valence-corrected chi connectivity index (χ3v) is 5.44. The maximum atomic E-state index is 13.1. The lowest BCUT2D eigenvalue weighted by molar-refractivity contribution is -0.121. The summed E-state index contributed by atoms with van der Waals surface area (Å²) >= 11 is 0. The van der Waals surface area contributed by atoms with Crippen LogP contribution in [-0.4, -0.2) is 16.9 Å². The molecule has 1 aliphatic carbocycles. The molecule has 2 atom stereocenters. The minimum Gasteiger partial charge on any atom is -0.361 e. The van der Waals surface area contributed by atoms with Crippen LogP contribution in [0, 0.1) is 11.7 Å². The lowest BCUT2D eigenvalue weighted by Crippen LogP contribution is -2.44. The highest BCUT2D eigenvalue weighted by Crippen LogP contribution is 2.27. The number of benzene rings is 2. The van der Waals surface area contributed by atoms with Gasteiger partial charge in [0.05, 0.1) is 5.92 Å². The number of rotatable bonds is 5. The van der Waals surface area contributed by atoms with E-state index < -0.39 is 0 Å². The second-order valence-corrected chi connectivity index (χ2v) is 7.23. The Hall–Kier alpha value is -2.66. The summed E-state index contributed by atoms with van der Waals surface area (Å²) in [5.41, 5.74) is 2.99. The van der Waals surface area contributed by atoms with Crippen molar-refractivity contribution in [2.45, 2.75) is 38.3 Å². The normalized spacial score (nSPS) is 19.9. The molecule has 4 nitrogen and oxygen atoms in total. The number of halogens is 1. The minimum absolute atomic E-state index is 0.0118. The molecule has 0 radical (unpaired) electrons. The fourth-order valence-corrected chi connectivity index (χ4v) is 3.98. The molecule has 0 saturated heterocycles. The first-order valence-electron chi connectivity index (χ1n) is 9.55. The quantitative estimate of drug-likeness (QED) is 0.619. The molecule has 3 aromatic rings. The number of aromatic nitrogens is 1. The molecule has 2 aromatic carbocycles. The first-order valence-corrected chi connectivity index (χ1v) is 9.55. The van der Waals surface area contributed by atoms with Gasteiger partial charge in [0.15, 0.2) is 0 Å². The van der Waals surface area contributed by atoms with Crippen LogP contribution >= 0.6 is 0 Å². The van der Waals surface area contributed by atoms with Gasteiger partial charge in [-0.25, -0.2) is 4.39 Å². The Labute approximate surface area is 158 Å². The number of para-hydroxylation sites is 1. The smallest absolute Gasteiger partial charge is 0.229 e. The molecule has 3 N–H and O–H groups in total. The topological polar surface area (TPSA) is 56.9 Å². The van der Waals surface area contributed by atoms with Gasteiger partial charge in [0.1, 0.15) is 5.82 Å². The van der Waals surface area contributed by atoms with Crippen LogP contribution in [0.4, 0.5) is 10.1 Å². The monoisotopic (exact) mass is 365 g/mol. The van der Waals surface area contributed by atoms with Gasteiger partial charge in [-0.1, -0.05) is 31.0 Å².